The number of hydrogen-bond donors (Lipinski definition) is 1. The lowest BCUT2D eigenvalue weighted by Gasteiger charge is -2.14. The summed E-state index contributed by atoms with van der Waals surface area (Å²) in [6.07, 6.45) is 1.54. The van der Waals surface area contributed by atoms with Gasteiger partial charge < -0.3 is 5.32 Å². The van der Waals surface area contributed by atoms with E-state index in [0.29, 0.717) is 11.3 Å². The van der Waals surface area contributed by atoms with Crippen LogP contribution in [0.1, 0.15) is 34.5 Å². The average molecular weight is 334 g/mol. The van der Waals surface area contributed by atoms with Gasteiger partial charge in [0.15, 0.2) is 0 Å². The van der Waals surface area contributed by atoms with Gasteiger partial charge in [-0.1, -0.05) is 29.8 Å². The highest BCUT2D eigenvalue weighted by molar-refractivity contribution is 5.94. The Morgan fingerprint density at radius 2 is 1.68 bits per heavy atom. The first-order valence-electron chi connectivity index (χ1n) is 8.12. The molecule has 1 unspecified atom stereocenters. The monoisotopic (exact) mass is 334 g/mol. The second-order valence-electron chi connectivity index (χ2n) is 6.04. The molecule has 25 heavy (non-hydrogen) atoms. The quantitative estimate of drug-likeness (QED) is 0.752. The molecule has 2 aromatic carbocycles. The highest BCUT2D eigenvalue weighted by Crippen LogP contribution is 2.18. The van der Waals surface area contributed by atoms with Gasteiger partial charge in [0, 0.05) is 11.8 Å². The fraction of sp³-hybridized carbons (Fsp3) is 0.143. The zero-order valence-electron chi connectivity index (χ0n) is 14.2. The van der Waals surface area contributed by atoms with E-state index >= 15 is 0 Å². The molecule has 1 heterocycles. The molecular weight excluding hydrogens is 315 g/mol. The number of hydrogen-bond acceptors (Lipinski definition) is 2. The number of nitrogens with one attached hydrogen (secondary N) is 1. The summed E-state index contributed by atoms with van der Waals surface area (Å²) in [4.78, 5) is 16.7. The van der Waals surface area contributed by atoms with Crippen LogP contribution in [0, 0.1) is 12.7 Å². The van der Waals surface area contributed by atoms with Gasteiger partial charge in [-0.25, -0.2) is 4.39 Å². The van der Waals surface area contributed by atoms with E-state index in [2.05, 4.69) is 10.3 Å². The van der Waals surface area contributed by atoms with Crippen LogP contribution in [0.4, 0.5) is 4.39 Å². The summed E-state index contributed by atoms with van der Waals surface area (Å²) in [5.74, 6) is -0.462. The third-order valence-electron chi connectivity index (χ3n) is 4.09. The topological polar surface area (TPSA) is 42.0 Å². The number of benzene rings is 2. The van der Waals surface area contributed by atoms with E-state index in [1.807, 2.05) is 38.1 Å². The summed E-state index contributed by atoms with van der Waals surface area (Å²) in [5, 5.41) is 2.97. The van der Waals surface area contributed by atoms with E-state index in [4.69, 9.17) is 0 Å². The van der Waals surface area contributed by atoms with Gasteiger partial charge in [-0.15, -0.1) is 0 Å². The molecule has 0 radical (unpaired) electrons. The molecule has 4 heteroatoms. The van der Waals surface area contributed by atoms with Gasteiger partial charge in [0.05, 0.1) is 17.3 Å². The highest BCUT2D eigenvalue weighted by Gasteiger charge is 2.12. The van der Waals surface area contributed by atoms with Crippen molar-refractivity contribution in [3.63, 3.8) is 0 Å². The standard InChI is InChI=1S/C21H19FN2O/c1-14-3-5-16(6-4-14)15(2)24-21(25)18-9-12-20(23-13-18)17-7-10-19(22)11-8-17/h3-13,15H,1-2H3,(H,24,25). The molecule has 0 bridgehead atoms. The van der Waals surface area contributed by atoms with Crippen molar-refractivity contribution in [1.82, 2.24) is 10.3 Å². The SMILES string of the molecule is Cc1ccc(C(C)NC(=O)c2ccc(-c3ccc(F)cc3)nc2)cc1. The molecule has 0 saturated carbocycles. The Balaban J connectivity index is 1.70. The lowest BCUT2D eigenvalue weighted by Crippen LogP contribution is -2.26. The van der Waals surface area contributed by atoms with Crippen LogP contribution in [0.5, 0.6) is 0 Å². The third-order valence-corrected chi connectivity index (χ3v) is 4.09. The largest absolute Gasteiger partial charge is 0.345 e. The first kappa shape index (κ1) is 16.8. The zero-order valence-corrected chi connectivity index (χ0v) is 14.2. The van der Waals surface area contributed by atoms with Crippen molar-refractivity contribution in [2.75, 3.05) is 0 Å². The van der Waals surface area contributed by atoms with Crippen molar-refractivity contribution in [2.24, 2.45) is 0 Å². The number of aryl methyl sites for hydroxylation is 1. The van der Waals surface area contributed by atoms with E-state index in [1.54, 1.807) is 24.3 Å². The van der Waals surface area contributed by atoms with Gasteiger partial charge in [-0.3, -0.25) is 9.78 Å². The van der Waals surface area contributed by atoms with Gasteiger partial charge in [0.25, 0.3) is 5.91 Å². The van der Waals surface area contributed by atoms with Crippen LogP contribution in [0.2, 0.25) is 0 Å². The molecule has 3 rings (SSSR count). The molecule has 0 aliphatic heterocycles. The van der Waals surface area contributed by atoms with Crippen LogP contribution in [0.3, 0.4) is 0 Å². The summed E-state index contributed by atoms with van der Waals surface area (Å²) < 4.78 is 13.0. The van der Waals surface area contributed by atoms with Crippen molar-refractivity contribution < 1.29 is 9.18 Å². The molecule has 126 valence electrons. The minimum Gasteiger partial charge on any atom is -0.345 e. The summed E-state index contributed by atoms with van der Waals surface area (Å²) in [5.41, 5.74) is 4.23. The maximum Gasteiger partial charge on any atom is 0.253 e. The fourth-order valence-corrected chi connectivity index (χ4v) is 2.54. The molecule has 3 aromatic rings. The molecule has 1 aromatic heterocycles. The Kier molecular flexibility index (Phi) is 4.89. The van der Waals surface area contributed by atoms with Crippen LogP contribution < -0.4 is 5.32 Å². The minimum atomic E-state index is -0.287. The Bertz CT molecular complexity index is 856. The number of nitrogens with zero attached hydrogens (tertiary/aromatic N) is 1. The molecule has 1 amide bonds. The van der Waals surface area contributed by atoms with Crippen LogP contribution in [-0.4, -0.2) is 10.9 Å². The second kappa shape index (κ2) is 7.26. The smallest absolute Gasteiger partial charge is 0.253 e. The minimum absolute atomic E-state index is 0.0927. The number of rotatable bonds is 4. The first-order chi connectivity index (χ1) is 12.0. The van der Waals surface area contributed by atoms with Crippen LogP contribution >= 0.6 is 0 Å². The lowest BCUT2D eigenvalue weighted by molar-refractivity contribution is 0.0939. The summed E-state index contributed by atoms with van der Waals surface area (Å²) in [6.45, 7) is 3.98. The summed E-state index contributed by atoms with van der Waals surface area (Å²) in [7, 11) is 0. The van der Waals surface area contributed by atoms with E-state index < -0.39 is 0 Å². The number of amides is 1. The van der Waals surface area contributed by atoms with Crippen molar-refractivity contribution in [3.05, 3.63) is 89.4 Å². The molecule has 1 atom stereocenters. The van der Waals surface area contributed by atoms with Crippen molar-refractivity contribution in [3.8, 4) is 11.3 Å². The van der Waals surface area contributed by atoms with E-state index in [-0.39, 0.29) is 17.8 Å². The third kappa shape index (κ3) is 4.10. The maximum atomic E-state index is 13.0. The molecule has 0 aliphatic rings. The Morgan fingerprint density at radius 1 is 1.00 bits per heavy atom. The highest BCUT2D eigenvalue weighted by atomic mass is 19.1. The average Bonchev–Trinajstić information content (AvgIpc) is 2.63. The molecule has 0 fully saturated rings. The predicted octanol–water partition coefficient (Wildman–Crippen LogP) is 4.69. The van der Waals surface area contributed by atoms with Gasteiger partial charge in [-0.2, -0.15) is 0 Å². The first-order valence-corrected chi connectivity index (χ1v) is 8.12. The fourth-order valence-electron chi connectivity index (χ4n) is 2.54. The molecule has 0 saturated heterocycles. The Labute approximate surface area is 146 Å². The van der Waals surface area contributed by atoms with Crippen molar-refractivity contribution >= 4 is 5.91 Å². The van der Waals surface area contributed by atoms with Crippen molar-refractivity contribution in [2.45, 2.75) is 19.9 Å². The number of halogens is 1. The van der Waals surface area contributed by atoms with Crippen molar-refractivity contribution in [1.29, 1.82) is 0 Å². The zero-order chi connectivity index (χ0) is 17.8. The summed E-state index contributed by atoms with van der Waals surface area (Å²) >= 11 is 0. The molecule has 0 aliphatic carbocycles. The van der Waals surface area contributed by atoms with Gasteiger partial charge >= 0.3 is 0 Å². The molecule has 0 spiro atoms. The van der Waals surface area contributed by atoms with Gasteiger partial charge in [0.2, 0.25) is 0 Å². The van der Waals surface area contributed by atoms with E-state index in [1.165, 1.54) is 23.9 Å². The predicted molar refractivity (Wildman–Crippen MR) is 96.7 cm³/mol. The summed E-state index contributed by atoms with van der Waals surface area (Å²) in [6, 6.07) is 17.6. The van der Waals surface area contributed by atoms with Crippen LogP contribution in [0.15, 0.2) is 66.9 Å². The molecular formula is C21H19FN2O. The van der Waals surface area contributed by atoms with Gasteiger partial charge in [0.1, 0.15) is 5.82 Å². The van der Waals surface area contributed by atoms with Crippen LogP contribution in [0.25, 0.3) is 11.3 Å². The van der Waals surface area contributed by atoms with Crippen LogP contribution in [-0.2, 0) is 0 Å². The van der Waals surface area contributed by atoms with E-state index in [0.717, 1.165) is 11.1 Å². The number of aromatic nitrogens is 1. The maximum absolute atomic E-state index is 13.0. The normalized spacial score (nSPS) is 11.8. The number of carbonyl (C=O) groups excluding carboxylic acids is 1. The van der Waals surface area contributed by atoms with E-state index in [9.17, 15) is 9.18 Å². The molecule has 3 nitrogen and oxygen atoms in total. The molecule has 1 N–H and O–H groups in total. The number of carbonyl (C=O) groups is 1. The Morgan fingerprint density at radius 3 is 2.28 bits per heavy atom. The second-order valence-corrected chi connectivity index (χ2v) is 6.04. The lowest BCUT2D eigenvalue weighted by atomic mass is 10.1. The van der Waals surface area contributed by atoms with Gasteiger partial charge in [-0.05, 0) is 55.8 Å². The Hall–Kier alpha value is -3.01. The number of pyridine rings is 1.